The van der Waals surface area contributed by atoms with Crippen molar-refractivity contribution in [1.82, 2.24) is 19.9 Å². The fourth-order valence-electron chi connectivity index (χ4n) is 2.35. The quantitative estimate of drug-likeness (QED) is 0.562. The minimum absolute atomic E-state index is 0.725. The molecule has 4 nitrogen and oxygen atoms in total. The summed E-state index contributed by atoms with van der Waals surface area (Å²) in [6, 6.07) is 15.8. The number of hydrogen-bond donors (Lipinski definition) is 0. The Morgan fingerprint density at radius 1 is 0.591 bits per heavy atom. The lowest BCUT2D eigenvalue weighted by Gasteiger charge is -2.05. The maximum atomic E-state index is 4.66. The molecule has 0 aliphatic rings. The van der Waals surface area contributed by atoms with Gasteiger partial charge in [-0.25, -0.2) is 9.97 Å². The normalized spacial score (nSPS) is 10.7. The molecule has 0 bridgehead atoms. The molecule has 0 saturated carbocycles. The van der Waals surface area contributed by atoms with E-state index >= 15 is 0 Å². The molecule has 4 heterocycles. The van der Waals surface area contributed by atoms with Crippen LogP contribution in [0.4, 0.5) is 0 Å². The molecule has 104 valence electrons. The summed E-state index contributed by atoms with van der Waals surface area (Å²) in [7, 11) is 0. The molecule has 4 rings (SSSR count). The average molecular weight is 284 g/mol. The predicted octanol–water partition coefficient (Wildman–Crippen LogP) is 3.75. The van der Waals surface area contributed by atoms with Crippen LogP contribution in [-0.2, 0) is 0 Å². The lowest BCUT2D eigenvalue weighted by atomic mass is 10.1. The first-order valence-electron chi connectivity index (χ1n) is 6.99. The van der Waals surface area contributed by atoms with Gasteiger partial charge in [0.15, 0.2) is 5.65 Å². The highest BCUT2D eigenvalue weighted by atomic mass is 14.9. The fourth-order valence-corrected chi connectivity index (χ4v) is 2.35. The van der Waals surface area contributed by atoms with Crippen molar-refractivity contribution in [2.45, 2.75) is 0 Å². The van der Waals surface area contributed by atoms with Gasteiger partial charge in [0, 0.05) is 41.3 Å². The summed E-state index contributed by atoms with van der Waals surface area (Å²) in [4.78, 5) is 17.6. The van der Waals surface area contributed by atoms with Gasteiger partial charge in [-0.15, -0.1) is 0 Å². The van der Waals surface area contributed by atoms with E-state index in [1.54, 1.807) is 24.8 Å². The van der Waals surface area contributed by atoms with Gasteiger partial charge in [0.25, 0.3) is 0 Å². The second-order valence-electron chi connectivity index (χ2n) is 4.92. The maximum absolute atomic E-state index is 4.66. The molecule has 4 aromatic heterocycles. The van der Waals surface area contributed by atoms with Crippen LogP contribution in [-0.4, -0.2) is 19.9 Å². The van der Waals surface area contributed by atoms with Gasteiger partial charge < -0.3 is 0 Å². The van der Waals surface area contributed by atoms with Crippen LogP contribution in [0.25, 0.3) is 33.5 Å². The van der Waals surface area contributed by atoms with Crippen molar-refractivity contribution < 1.29 is 0 Å². The lowest BCUT2D eigenvalue weighted by molar-refractivity contribution is 1.25. The Kier molecular flexibility index (Phi) is 3.05. The molecule has 0 spiro atoms. The molecule has 4 heteroatoms. The standard InChI is InChI=1S/C18H12N4/c1-3-14(11-19-9-1)16-7-5-13-6-8-17(22-18(13)21-16)15-4-2-10-20-12-15/h1-12H. The zero-order valence-electron chi connectivity index (χ0n) is 11.7. The van der Waals surface area contributed by atoms with Gasteiger partial charge in [0.2, 0.25) is 0 Å². The highest BCUT2D eigenvalue weighted by molar-refractivity contribution is 5.80. The lowest BCUT2D eigenvalue weighted by Crippen LogP contribution is -1.91. The van der Waals surface area contributed by atoms with Crippen LogP contribution >= 0.6 is 0 Å². The smallest absolute Gasteiger partial charge is 0.160 e. The molecule has 0 N–H and O–H groups in total. The number of aromatic nitrogens is 4. The SMILES string of the molecule is c1cncc(-c2ccc3ccc(-c4cccnc4)nc3n2)c1. The van der Waals surface area contributed by atoms with Gasteiger partial charge in [0.1, 0.15) is 0 Å². The van der Waals surface area contributed by atoms with E-state index in [0.29, 0.717) is 0 Å². The van der Waals surface area contributed by atoms with E-state index in [1.807, 2.05) is 48.5 Å². The van der Waals surface area contributed by atoms with E-state index < -0.39 is 0 Å². The van der Waals surface area contributed by atoms with Crippen molar-refractivity contribution >= 4 is 11.0 Å². The number of fused-ring (bicyclic) bond motifs is 1. The van der Waals surface area contributed by atoms with Crippen molar-refractivity contribution in [3.05, 3.63) is 73.3 Å². The summed E-state index contributed by atoms with van der Waals surface area (Å²) in [5.74, 6) is 0. The Morgan fingerprint density at radius 3 is 1.59 bits per heavy atom. The fraction of sp³-hybridized carbons (Fsp3) is 0. The number of hydrogen-bond acceptors (Lipinski definition) is 4. The molecule has 0 atom stereocenters. The van der Waals surface area contributed by atoms with Crippen LogP contribution in [0.5, 0.6) is 0 Å². The van der Waals surface area contributed by atoms with E-state index in [4.69, 9.17) is 0 Å². The first kappa shape index (κ1) is 12.6. The van der Waals surface area contributed by atoms with Gasteiger partial charge in [-0.3, -0.25) is 9.97 Å². The minimum Gasteiger partial charge on any atom is -0.264 e. The van der Waals surface area contributed by atoms with Crippen molar-refractivity contribution in [1.29, 1.82) is 0 Å². The third-order valence-corrected chi connectivity index (χ3v) is 3.47. The third-order valence-electron chi connectivity index (χ3n) is 3.47. The van der Waals surface area contributed by atoms with E-state index in [1.165, 1.54) is 0 Å². The first-order chi connectivity index (χ1) is 10.9. The molecule has 0 fully saturated rings. The van der Waals surface area contributed by atoms with Gasteiger partial charge in [0.05, 0.1) is 11.4 Å². The minimum atomic E-state index is 0.725. The molecule has 0 aliphatic heterocycles. The second-order valence-corrected chi connectivity index (χ2v) is 4.92. The first-order valence-corrected chi connectivity index (χ1v) is 6.99. The van der Waals surface area contributed by atoms with Crippen LogP contribution in [0, 0.1) is 0 Å². The molecule has 22 heavy (non-hydrogen) atoms. The Balaban J connectivity index is 1.85. The monoisotopic (exact) mass is 284 g/mol. The summed E-state index contributed by atoms with van der Waals surface area (Å²) in [6.07, 6.45) is 7.12. The maximum Gasteiger partial charge on any atom is 0.160 e. The zero-order valence-corrected chi connectivity index (χ0v) is 11.7. The molecule has 0 radical (unpaired) electrons. The molecule has 4 aromatic rings. The molecule has 0 unspecified atom stereocenters. The summed E-state index contributed by atoms with van der Waals surface area (Å²) >= 11 is 0. The highest BCUT2D eigenvalue weighted by Gasteiger charge is 2.05. The van der Waals surface area contributed by atoms with Crippen LogP contribution in [0.1, 0.15) is 0 Å². The molecular weight excluding hydrogens is 272 g/mol. The molecule has 0 aliphatic carbocycles. The van der Waals surface area contributed by atoms with Gasteiger partial charge in [-0.2, -0.15) is 0 Å². The van der Waals surface area contributed by atoms with Gasteiger partial charge in [-0.05, 0) is 48.5 Å². The molecule has 0 aromatic carbocycles. The van der Waals surface area contributed by atoms with E-state index in [-0.39, 0.29) is 0 Å². The van der Waals surface area contributed by atoms with E-state index in [9.17, 15) is 0 Å². The van der Waals surface area contributed by atoms with Crippen molar-refractivity contribution in [3.8, 4) is 22.5 Å². The summed E-state index contributed by atoms with van der Waals surface area (Å²) < 4.78 is 0. The van der Waals surface area contributed by atoms with Crippen LogP contribution < -0.4 is 0 Å². The Bertz CT molecular complexity index is 847. The van der Waals surface area contributed by atoms with Crippen molar-refractivity contribution in [2.24, 2.45) is 0 Å². The molecule has 0 amide bonds. The second kappa shape index (κ2) is 5.33. The topological polar surface area (TPSA) is 51.6 Å². The highest BCUT2D eigenvalue weighted by Crippen LogP contribution is 2.22. The number of nitrogens with zero attached hydrogens (tertiary/aromatic N) is 4. The van der Waals surface area contributed by atoms with Crippen molar-refractivity contribution in [3.63, 3.8) is 0 Å². The van der Waals surface area contributed by atoms with Crippen LogP contribution in [0.3, 0.4) is 0 Å². The molecular formula is C18H12N4. The Labute approximate surface area is 127 Å². The van der Waals surface area contributed by atoms with Crippen LogP contribution in [0.15, 0.2) is 73.3 Å². The van der Waals surface area contributed by atoms with Gasteiger partial charge in [-0.1, -0.05) is 0 Å². The summed E-state index contributed by atoms with van der Waals surface area (Å²) in [5.41, 5.74) is 4.44. The zero-order chi connectivity index (χ0) is 14.8. The number of rotatable bonds is 2. The average Bonchev–Trinajstić information content (AvgIpc) is 2.62. The van der Waals surface area contributed by atoms with E-state index in [0.717, 1.165) is 33.5 Å². The van der Waals surface area contributed by atoms with Crippen molar-refractivity contribution in [2.75, 3.05) is 0 Å². The van der Waals surface area contributed by atoms with E-state index in [2.05, 4.69) is 19.9 Å². The van der Waals surface area contributed by atoms with Crippen LogP contribution in [0.2, 0.25) is 0 Å². The predicted molar refractivity (Wildman–Crippen MR) is 86.0 cm³/mol. The Hall–Kier alpha value is -3.14. The third kappa shape index (κ3) is 2.31. The molecule has 0 saturated heterocycles. The summed E-state index contributed by atoms with van der Waals surface area (Å²) in [6.45, 7) is 0. The Morgan fingerprint density at radius 2 is 1.14 bits per heavy atom. The van der Waals surface area contributed by atoms with Gasteiger partial charge >= 0.3 is 0 Å². The largest absolute Gasteiger partial charge is 0.264 e. The number of pyridine rings is 4. The summed E-state index contributed by atoms with van der Waals surface area (Å²) in [5, 5.41) is 1.01.